The summed E-state index contributed by atoms with van der Waals surface area (Å²) in [5.41, 5.74) is 0.756. The molecule has 0 amide bonds. The lowest BCUT2D eigenvalue weighted by Crippen LogP contribution is -2.44. The van der Waals surface area contributed by atoms with Crippen molar-refractivity contribution in [1.82, 2.24) is 10.3 Å². The van der Waals surface area contributed by atoms with E-state index in [4.69, 9.17) is 14.7 Å². The van der Waals surface area contributed by atoms with Crippen molar-refractivity contribution in [2.75, 3.05) is 13.1 Å². The summed E-state index contributed by atoms with van der Waals surface area (Å²) >= 11 is 0. The molecule has 0 radical (unpaired) electrons. The second-order valence-electron chi connectivity index (χ2n) is 5.68. The number of nitrogens with one attached hydrogen (secondary N) is 1. The van der Waals surface area contributed by atoms with Crippen LogP contribution in [0.5, 0.6) is 11.6 Å². The SMILES string of the molecule is N#Cc1ccc(OCc2cccc(OC3CCNCC3F)n2)c(F)c1. The maximum atomic E-state index is 13.8. The number of ether oxygens (including phenoxy) is 2. The molecule has 1 aliphatic heterocycles. The largest absolute Gasteiger partial charge is 0.484 e. The molecule has 7 heteroatoms. The maximum Gasteiger partial charge on any atom is 0.213 e. The van der Waals surface area contributed by atoms with Gasteiger partial charge in [-0.3, -0.25) is 0 Å². The van der Waals surface area contributed by atoms with Gasteiger partial charge in [-0.15, -0.1) is 0 Å². The van der Waals surface area contributed by atoms with Crippen molar-refractivity contribution >= 4 is 0 Å². The van der Waals surface area contributed by atoms with E-state index in [9.17, 15) is 8.78 Å². The number of nitriles is 1. The normalized spacial score (nSPS) is 19.9. The summed E-state index contributed by atoms with van der Waals surface area (Å²) in [6.45, 7) is 1.00. The van der Waals surface area contributed by atoms with Crippen molar-refractivity contribution in [1.29, 1.82) is 5.26 Å². The fraction of sp³-hybridized carbons (Fsp3) is 0.333. The predicted molar refractivity (Wildman–Crippen MR) is 86.5 cm³/mol. The Labute approximate surface area is 144 Å². The Balaban J connectivity index is 1.63. The van der Waals surface area contributed by atoms with E-state index in [1.165, 1.54) is 12.1 Å². The van der Waals surface area contributed by atoms with Crippen molar-refractivity contribution in [3.8, 4) is 17.7 Å². The van der Waals surface area contributed by atoms with Crippen molar-refractivity contribution in [3.05, 3.63) is 53.5 Å². The van der Waals surface area contributed by atoms with Crippen LogP contribution in [0.15, 0.2) is 36.4 Å². The molecular weight excluding hydrogens is 328 g/mol. The maximum absolute atomic E-state index is 13.8. The summed E-state index contributed by atoms with van der Waals surface area (Å²) in [7, 11) is 0. The average molecular weight is 345 g/mol. The number of aromatic nitrogens is 1. The molecule has 2 unspecified atom stereocenters. The van der Waals surface area contributed by atoms with Crippen LogP contribution < -0.4 is 14.8 Å². The Kier molecular flexibility index (Phi) is 5.41. The van der Waals surface area contributed by atoms with Gasteiger partial charge in [0.1, 0.15) is 18.9 Å². The smallest absolute Gasteiger partial charge is 0.213 e. The second kappa shape index (κ2) is 7.90. The quantitative estimate of drug-likeness (QED) is 0.903. The average Bonchev–Trinajstić information content (AvgIpc) is 2.63. The molecule has 3 rings (SSSR count). The van der Waals surface area contributed by atoms with Crippen LogP contribution in [-0.4, -0.2) is 30.3 Å². The Morgan fingerprint density at radius 1 is 1.32 bits per heavy atom. The van der Waals surface area contributed by atoms with Gasteiger partial charge in [0, 0.05) is 12.6 Å². The van der Waals surface area contributed by atoms with E-state index in [0.29, 0.717) is 24.5 Å². The number of piperidine rings is 1. The summed E-state index contributed by atoms with van der Waals surface area (Å²) in [6, 6.07) is 10.9. The van der Waals surface area contributed by atoms with Gasteiger partial charge in [-0.05, 0) is 37.2 Å². The minimum Gasteiger partial charge on any atom is -0.484 e. The fourth-order valence-electron chi connectivity index (χ4n) is 2.53. The Hall–Kier alpha value is -2.72. The van der Waals surface area contributed by atoms with Gasteiger partial charge < -0.3 is 14.8 Å². The number of alkyl halides is 1. The van der Waals surface area contributed by atoms with Crippen LogP contribution >= 0.6 is 0 Å². The number of hydrogen-bond acceptors (Lipinski definition) is 5. The zero-order valence-electron chi connectivity index (χ0n) is 13.4. The molecule has 1 aromatic heterocycles. The Morgan fingerprint density at radius 3 is 2.96 bits per heavy atom. The molecule has 0 saturated carbocycles. The van der Waals surface area contributed by atoms with E-state index in [0.717, 1.165) is 6.07 Å². The van der Waals surface area contributed by atoms with Gasteiger partial charge in [-0.1, -0.05) is 6.07 Å². The molecule has 1 N–H and O–H groups in total. The van der Waals surface area contributed by atoms with Crippen LogP contribution in [0.4, 0.5) is 8.78 Å². The molecule has 0 spiro atoms. The summed E-state index contributed by atoms with van der Waals surface area (Å²) < 4.78 is 38.6. The highest BCUT2D eigenvalue weighted by atomic mass is 19.1. The van der Waals surface area contributed by atoms with Crippen molar-refractivity contribution in [2.45, 2.75) is 25.3 Å². The molecule has 0 bridgehead atoms. The first kappa shape index (κ1) is 17.1. The minimum atomic E-state index is -1.08. The molecule has 130 valence electrons. The molecule has 0 aliphatic carbocycles. The van der Waals surface area contributed by atoms with E-state index in [-0.39, 0.29) is 24.5 Å². The highest BCUT2D eigenvalue weighted by molar-refractivity contribution is 5.36. The molecule has 1 aromatic carbocycles. The van der Waals surface area contributed by atoms with Crippen LogP contribution in [0.25, 0.3) is 0 Å². The third-order valence-electron chi connectivity index (χ3n) is 3.84. The molecule has 2 atom stereocenters. The first-order valence-corrected chi connectivity index (χ1v) is 7.95. The highest BCUT2D eigenvalue weighted by Crippen LogP contribution is 2.20. The third-order valence-corrected chi connectivity index (χ3v) is 3.84. The summed E-state index contributed by atoms with van der Waals surface area (Å²) in [6.07, 6.45) is -1.04. The number of benzene rings is 1. The highest BCUT2D eigenvalue weighted by Gasteiger charge is 2.26. The lowest BCUT2D eigenvalue weighted by molar-refractivity contribution is 0.0690. The molecule has 2 heterocycles. The lowest BCUT2D eigenvalue weighted by Gasteiger charge is -2.26. The number of nitrogens with zero attached hydrogens (tertiary/aromatic N) is 2. The van der Waals surface area contributed by atoms with Crippen molar-refractivity contribution < 1.29 is 18.3 Å². The van der Waals surface area contributed by atoms with Crippen LogP contribution in [-0.2, 0) is 6.61 Å². The molecule has 5 nitrogen and oxygen atoms in total. The first-order valence-electron chi connectivity index (χ1n) is 7.95. The van der Waals surface area contributed by atoms with Gasteiger partial charge in [0.15, 0.2) is 11.6 Å². The van der Waals surface area contributed by atoms with E-state index < -0.39 is 18.1 Å². The molecule has 2 aromatic rings. The topological polar surface area (TPSA) is 67.2 Å². The monoisotopic (exact) mass is 345 g/mol. The number of halogens is 2. The van der Waals surface area contributed by atoms with E-state index in [1.54, 1.807) is 18.2 Å². The molecular formula is C18H17F2N3O2. The lowest BCUT2D eigenvalue weighted by atomic mass is 10.1. The second-order valence-corrected chi connectivity index (χ2v) is 5.68. The van der Waals surface area contributed by atoms with Gasteiger partial charge in [0.2, 0.25) is 5.88 Å². The summed E-state index contributed by atoms with van der Waals surface area (Å²) in [5, 5.41) is 11.7. The van der Waals surface area contributed by atoms with Gasteiger partial charge in [0.25, 0.3) is 0 Å². The predicted octanol–water partition coefficient (Wildman–Crippen LogP) is 2.75. The van der Waals surface area contributed by atoms with Gasteiger partial charge in [-0.25, -0.2) is 13.8 Å². The van der Waals surface area contributed by atoms with Gasteiger partial charge in [-0.2, -0.15) is 5.26 Å². The zero-order valence-corrected chi connectivity index (χ0v) is 13.4. The summed E-state index contributed by atoms with van der Waals surface area (Å²) in [4.78, 5) is 4.27. The molecule has 1 fully saturated rings. The molecule has 1 saturated heterocycles. The standard InChI is InChI=1S/C18H17F2N3O2/c19-14-8-12(9-21)4-5-16(14)24-11-13-2-1-3-18(23-13)25-17-6-7-22-10-15(17)20/h1-5,8,15,17,22H,6-7,10-11H2. The van der Waals surface area contributed by atoms with Gasteiger partial charge in [0.05, 0.1) is 17.3 Å². The van der Waals surface area contributed by atoms with Gasteiger partial charge >= 0.3 is 0 Å². The third kappa shape index (κ3) is 4.43. The molecule has 1 aliphatic rings. The summed E-state index contributed by atoms with van der Waals surface area (Å²) in [5.74, 6) is -0.258. The number of rotatable bonds is 5. The van der Waals surface area contributed by atoms with E-state index in [2.05, 4.69) is 10.3 Å². The van der Waals surface area contributed by atoms with Crippen LogP contribution in [0.1, 0.15) is 17.7 Å². The Morgan fingerprint density at radius 2 is 2.20 bits per heavy atom. The Bertz CT molecular complexity index is 779. The number of hydrogen-bond donors (Lipinski definition) is 1. The first-order chi connectivity index (χ1) is 12.2. The van der Waals surface area contributed by atoms with Crippen LogP contribution in [0.2, 0.25) is 0 Å². The van der Waals surface area contributed by atoms with E-state index >= 15 is 0 Å². The minimum absolute atomic E-state index is 0.0330. The van der Waals surface area contributed by atoms with Crippen LogP contribution in [0, 0.1) is 17.1 Å². The van der Waals surface area contributed by atoms with Crippen molar-refractivity contribution in [3.63, 3.8) is 0 Å². The fourth-order valence-corrected chi connectivity index (χ4v) is 2.53. The molecule has 25 heavy (non-hydrogen) atoms. The van der Waals surface area contributed by atoms with Crippen molar-refractivity contribution in [2.24, 2.45) is 0 Å². The zero-order chi connectivity index (χ0) is 17.6. The number of pyridine rings is 1. The van der Waals surface area contributed by atoms with E-state index in [1.807, 2.05) is 6.07 Å². The van der Waals surface area contributed by atoms with Crippen LogP contribution in [0.3, 0.4) is 0 Å².